The molecule has 102 valence electrons. The first kappa shape index (κ1) is 16.1. The van der Waals surface area contributed by atoms with Crippen molar-refractivity contribution in [3.8, 4) is 0 Å². The molecule has 0 bridgehead atoms. The van der Waals surface area contributed by atoms with Crippen molar-refractivity contribution >= 4 is 35.0 Å². The molecule has 2 N–H and O–H groups in total. The van der Waals surface area contributed by atoms with Crippen molar-refractivity contribution in [2.45, 2.75) is 19.4 Å². The maximum atomic E-state index is 8.66. The summed E-state index contributed by atoms with van der Waals surface area (Å²) in [5, 5.41) is 13.3. The van der Waals surface area contributed by atoms with E-state index in [4.69, 9.17) is 28.3 Å². The van der Waals surface area contributed by atoms with Crippen molar-refractivity contribution in [2.75, 3.05) is 24.7 Å². The van der Waals surface area contributed by atoms with E-state index in [1.54, 1.807) is 6.07 Å². The average molecular weight is 308 g/mol. The molecule has 2 nitrogen and oxygen atoms in total. The molecule has 0 saturated heterocycles. The van der Waals surface area contributed by atoms with Crippen LogP contribution in [0.5, 0.6) is 0 Å². The van der Waals surface area contributed by atoms with E-state index in [2.05, 4.69) is 12.2 Å². The second kappa shape index (κ2) is 9.05. The summed E-state index contributed by atoms with van der Waals surface area (Å²) in [4.78, 5) is 0. The molecule has 0 heterocycles. The van der Waals surface area contributed by atoms with Gasteiger partial charge in [0.25, 0.3) is 0 Å². The smallest absolute Gasteiger partial charge is 0.0639 e. The van der Waals surface area contributed by atoms with E-state index in [0.29, 0.717) is 10.0 Å². The van der Waals surface area contributed by atoms with Crippen LogP contribution in [0.2, 0.25) is 10.0 Å². The minimum atomic E-state index is 0.189. The Balaban J connectivity index is 2.32. The van der Waals surface area contributed by atoms with Gasteiger partial charge in [0.15, 0.2) is 0 Å². The van der Waals surface area contributed by atoms with Crippen molar-refractivity contribution in [3.63, 3.8) is 0 Å². The molecule has 0 fully saturated rings. The molecule has 0 radical (unpaired) electrons. The number of nitrogens with one attached hydrogen (secondary N) is 1. The zero-order chi connectivity index (χ0) is 13.4. The molecule has 0 aliphatic heterocycles. The third-order valence-electron chi connectivity index (χ3n) is 2.59. The Morgan fingerprint density at radius 1 is 1.33 bits per heavy atom. The quantitative estimate of drug-likeness (QED) is 0.717. The lowest BCUT2D eigenvalue weighted by Crippen LogP contribution is -2.21. The lowest BCUT2D eigenvalue weighted by Gasteiger charge is -2.16. The Morgan fingerprint density at radius 3 is 2.83 bits per heavy atom. The highest BCUT2D eigenvalue weighted by Crippen LogP contribution is 2.29. The summed E-state index contributed by atoms with van der Waals surface area (Å²) in [6, 6.07) is 5.89. The number of thioether (sulfide) groups is 1. The molecule has 0 aliphatic carbocycles. The van der Waals surface area contributed by atoms with Crippen molar-refractivity contribution < 1.29 is 5.11 Å². The highest BCUT2D eigenvalue weighted by atomic mass is 35.5. The number of hydrogen-bond acceptors (Lipinski definition) is 3. The molecule has 0 saturated carbocycles. The molecule has 0 spiro atoms. The van der Waals surface area contributed by atoms with Crippen LogP contribution < -0.4 is 5.32 Å². The van der Waals surface area contributed by atoms with Crippen molar-refractivity contribution in [2.24, 2.45) is 0 Å². The van der Waals surface area contributed by atoms with E-state index in [-0.39, 0.29) is 12.6 Å². The molecule has 1 atom stereocenters. The summed E-state index contributed by atoms with van der Waals surface area (Å²) in [6.07, 6.45) is 0.861. The van der Waals surface area contributed by atoms with Crippen LogP contribution in [0, 0.1) is 0 Å². The van der Waals surface area contributed by atoms with Crippen LogP contribution in [0.25, 0.3) is 0 Å². The van der Waals surface area contributed by atoms with Crippen molar-refractivity contribution in [3.05, 3.63) is 33.8 Å². The fourth-order valence-electron chi connectivity index (χ4n) is 1.58. The third-order valence-corrected chi connectivity index (χ3v) is 4.50. The van der Waals surface area contributed by atoms with Crippen LogP contribution in [-0.4, -0.2) is 29.8 Å². The van der Waals surface area contributed by atoms with Gasteiger partial charge in [-0.15, -0.1) is 0 Å². The molecule has 1 aromatic rings. The Kier molecular flexibility index (Phi) is 8.11. The zero-order valence-electron chi connectivity index (χ0n) is 10.5. The second-order valence-corrected chi connectivity index (χ2v) is 6.02. The highest BCUT2D eigenvalue weighted by molar-refractivity contribution is 7.99. The van der Waals surface area contributed by atoms with E-state index in [9.17, 15) is 0 Å². The van der Waals surface area contributed by atoms with E-state index in [1.165, 1.54) is 0 Å². The van der Waals surface area contributed by atoms with Crippen LogP contribution in [-0.2, 0) is 0 Å². The monoisotopic (exact) mass is 307 g/mol. The largest absolute Gasteiger partial charge is 0.396 e. The Bertz CT molecular complexity index is 363. The molecule has 5 heteroatoms. The van der Waals surface area contributed by atoms with Gasteiger partial charge in [-0.2, -0.15) is 11.8 Å². The summed E-state index contributed by atoms with van der Waals surface area (Å²) < 4.78 is 0. The number of aliphatic hydroxyl groups excluding tert-OH is 1. The fourth-order valence-corrected chi connectivity index (χ4v) is 2.85. The SMILES string of the molecule is CC(NCCSCCCO)c1cccc(Cl)c1Cl. The number of rotatable bonds is 8. The van der Waals surface area contributed by atoms with E-state index >= 15 is 0 Å². The predicted octanol–water partition coefficient (Wildman–Crippen LogP) is 3.76. The average Bonchev–Trinajstić information content (AvgIpc) is 2.36. The summed E-state index contributed by atoms with van der Waals surface area (Å²) in [5.41, 5.74) is 1.03. The number of hydrogen-bond donors (Lipinski definition) is 2. The lowest BCUT2D eigenvalue weighted by molar-refractivity contribution is 0.296. The maximum Gasteiger partial charge on any atom is 0.0639 e. The van der Waals surface area contributed by atoms with E-state index < -0.39 is 0 Å². The molecular weight excluding hydrogens is 289 g/mol. The Morgan fingerprint density at radius 2 is 2.11 bits per heavy atom. The van der Waals surface area contributed by atoms with Gasteiger partial charge in [-0.25, -0.2) is 0 Å². The second-order valence-electron chi connectivity index (χ2n) is 4.01. The molecule has 1 unspecified atom stereocenters. The topological polar surface area (TPSA) is 32.3 Å². The van der Waals surface area contributed by atoms with Crippen molar-refractivity contribution in [1.82, 2.24) is 5.32 Å². The lowest BCUT2D eigenvalue weighted by atomic mass is 10.1. The number of benzene rings is 1. The van der Waals surface area contributed by atoms with Gasteiger partial charge in [0.2, 0.25) is 0 Å². The Labute approximate surface area is 123 Å². The van der Waals surface area contributed by atoms with Crippen LogP contribution in [0.15, 0.2) is 18.2 Å². The standard InChI is InChI=1S/C13H19Cl2NOS/c1-10(16-6-9-18-8-3-7-17)11-4-2-5-12(14)13(11)15/h2,4-5,10,16-17H,3,6-9H2,1H3. The molecule has 0 aliphatic rings. The molecule has 0 amide bonds. The first-order valence-corrected chi connectivity index (χ1v) is 7.93. The number of halogens is 2. The molecular formula is C13H19Cl2NOS. The van der Waals surface area contributed by atoms with E-state index in [0.717, 1.165) is 30.0 Å². The molecule has 1 rings (SSSR count). The van der Waals surface area contributed by atoms with Gasteiger partial charge < -0.3 is 10.4 Å². The van der Waals surface area contributed by atoms with Crippen LogP contribution in [0.3, 0.4) is 0 Å². The van der Waals surface area contributed by atoms with E-state index in [1.807, 2.05) is 23.9 Å². The van der Waals surface area contributed by atoms with Gasteiger partial charge in [-0.05, 0) is 30.7 Å². The van der Waals surface area contributed by atoms with Gasteiger partial charge in [0.05, 0.1) is 10.0 Å². The van der Waals surface area contributed by atoms with Crippen LogP contribution in [0.4, 0.5) is 0 Å². The molecule has 18 heavy (non-hydrogen) atoms. The first-order chi connectivity index (χ1) is 8.66. The van der Waals surface area contributed by atoms with Gasteiger partial charge in [0, 0.05) is 24.9 Å². The summed E-state index contributed by atoms with van der Waals surface area (Å²) in [5.74, 6) is 2.03. The van der Waals surface area contributed by atoms with Gasteiger partial charge >= 0.3 is 0 Å². The highest BCUT2D eigenvalue weighted by Gasteiger charge is 2.10. The first-order valence-electron chi connectivity index (χ1n) is 6.02. The molecule has 1 aromatic carbocycles. The molecule has 0 aromatic heterocycles. The van der Waals surface area contributed by atoms with Crippen LogP contribution in [0.1, 0.15) is 24.9 Å². The fraction of sp³-hybridized carbons (Fsp3) is 0.538. The Hall–Kier alpha value is 0.0700. The van der Waals surface area contributed by atoms with Gasteiger partial charge in [-0.3, -0.25) is 0 Å². The van der Waals surface area contributed by atoms with Gasteiger partial charge in [0.1, 0.15) is 0 Å². The van der Waals surface area contributed by atoms with Gasteiger partial charge in [-0.1, -0.05) is 35.3 Å². The minimum Gasteiger partial charge on any atom is -0.396 e. The number of aliphatic hydroxyl groups is 1. The maximum absolute atomic E-state index is 8.66. The summed E-state index contributed by atoms with van der Waals surface area (Å²) in [7, 11) is 0. The normalized spacial score (nSPS) is 12.7. The van der Waals surface area contributed by atoms with Crippen LogP contribution >= 0.6 is 35.0 Å². The summed E-state index contributed by atoms with van der Waals surface area (Å²) >= 11 is 14.0. The minimum absolute atomic E-state index is 0.189. The predicted molar refractivity (Wildman–Crippen MR) is 81.9 cm³/mol. The zero-order valence-corrected chi connectivity index (χ0v) is 12.8. The summed E-state index contributed by atoms with van der Waals surface area (Å²) in [6.45, 7) is 3.27. The third kappa shape index (κ3) is 5.37. The van der Waals surface area contributed by atoms with Crippen molar-refractivity contribution in [1.29, 1.82) is 0 Å².